The number of likely N-dealkylation sites (N-methyl/N-ethyl adjacent to an activating group) is 1. The molecule has 3 nitrogen and oxygen atoms in total. The van der Waals surface area contributed by atoms with Crippen LogP contribution in [0.2, 0.25) is 0 Å². The monoisotopic (exact) mass is 272 g/mol. The summed E-state index contributed by atoms with van der Waals surface area (Å²) in [5.74, 6) is 1.92. The molecule has 3 heteroatoms. The Hall–Kier alpha value is -1.58. The number of rotatable bonds is 5. The Morgan fingerprint density at radius 2 is 1.75 bits per heavy atom. The molecule has 0 aliphatic carbocycles. The van der Waals surface area contributed by atoms with Crippen LogP contribution < -0.4 is 5.73 Å². The fraction of sp³-hybridized carbons (Fsp3) is 0.412. The van der Waals surface area contributed by atoms with E-state index in [4.69, 9.17) is 10.2 Å². The van der Waals surface area contributed by atoms with Gasteiger partial charge in [0, 0.05) is 12.1 Å². The van der Waals surface area contributed by atoms with Crippen molar-refractivity contribution in [3.63, 3.8) is 0 Å². The van der Waals surface area contributed by atoms with Gasteiger partial charge in [0.15, 0.2) is 0 Å². The third kappa shape index (κ3) is 3.50. The highest BCUT2D eigenvalue weighted by Gasteiger charge is 2.22. The topological polar surface area (TPSA) is 42.4 Å². The predicted molar refractivity (Wildman–Crippen MR) is 82.5 cm³/mol. The lowest BCUT2D eigenvalue weighted by Gasteiger charge is -2.31. The minimum Gasteiger partial charge on any atom is -0.465 e. The first-order valence-corrected chi connectivity index (χ1v) is 7.05. The van der Waals surface area contributed by atoms with Crippen molar-refractivity contribution in [3.05, 3.63) is 59.0 Å². The van der Waals surface area contributed by atoms with Gasteiger partial charge >= 0.3 is 0 Å². The van der Waals surface area contributed by atoms with Crippen LogP contribution in [0.15, 0.2) is 40.8 Å². The Bertz CT molecular complexity index is 542. The van der Waals surface area contributed by atoms with Gasteiger partial charge in [-0.3, -0.25) is 4.90 Å². The molecule has 0 amide bonds. The Balaban J connectivity index is 2.17. The molecule has 0 radical (unpaired) electrons. The third-order valence-corrected chi connectivity index (χ3v) is 3.59. The Morgan fingerprint density at radius 3 is 2.25 bits per heavy atom. The smallest absolute Gasteiger partial charge is 0.118 e. The van der Waals surface area contributed by atoms with E-state index in [9.17, 15) is 0 Å². The highest BCUT2D eigenvalue weighted by Crippen LogP contribution is 2.24. The summed E-state index contributed by atoms with van der Waals surface area (Å²) >= 11 is 0. The molecule has 1 aromatic heterocycles. The number of hydrogen-bond acceptors (Lipinski definition) is 3. The average Bonchev–Trinajstić information content (AvgIpc) is 2.77. The highest BCUT2D eigenvalue weighted by molar-refractivity contribution is 5.25. The molecular formula is C17H24N2O. The zero-order valence-corrected chi connectivity index (χ0v) is 12.8. The van der Waals surface area contributed by atoms with E-state index in [1.165, 1.54) is 11.1 Å². The van der Waals surface area contributed by atoms with E-state index in [1.54, 1.807) is 0 Å². The van der Waals surface area contributed by atoms with Gasteiger partial charge in [0.2, 0.25) is 0 Å². The summed E-state index contributed by atoms with van der Waals surface area (Å²) in [4.78, 5) is 2.24. The van der Waals surface area contributed by atoms with Gasteiger partial charge in [0.05, 0.1) is 6.54 Å². The van der Waals surface area contributed by atoms with Crippen LogP contribution in [-0.4, -0.2) is 18.0 Å². The van der Waals surface area contributed by atoms with Crippen LogP contribution in [0, 0.1) is 13.8 Å². The zero-order valence-electron chi connectivity index (χ0n) is 12.8. The molecule has 0 saturated heterocycles. The van der Waals surface area contributed by atoms with Crippen LogP contribution in [0.1, 0.15) is 35.6 Å². The Labute approximate surface area is 121 Å². The molecule has 2 rings (SSSR count). The van der Waals surface area contributed by atoms with E-state index in [0.717, 1.165) is 18.1 Å². The van der Waals surface area contributed by atoms with Gasteiger partial charge in [0.25, 0.3) is 0 Å². The number of aryl methyl sites for hydroxylation is 2. The van der Waals surface area contributed by atoms with Crippen LogP contribution >= 0.6 is 0 Å². The predicted octanol–water partition coefficient (Wildman–Crippen LogP) is 3.42. The van der Waals surface area contributed by atoms with Crippen LogP contribution in [-0.2, 0) is 6.54 Å². The molecular weight excluding hydrogens is 248 g/mol. The molecule has 0 fully saturated rings. The Kier molecular flexibility index (Phi) is 4.63. The summed E-state index contributed by atoms with van der Waals surface area (Å²) in [5, 5.41) is 0. The Morgan fingerprint density at radius 1 is 1.10 bits per heavy atom. The van der Waals surface area contributed by atoms with Crippen molar-refractivity contribution in [2.45, 2.75) is 39.4 Å². The first kappa shape index (κ1) is 14.8. The molecule has 20 heavy (non-hydrogen) atoms. The standard InChI is InChI=1S/C17H24N2O/c1-12-5-8-15(9-6-12)17(14(3)18)19(4)11-16-10-7-13(2)20-16/h5-10,14,17H,11,18H2,1-4H3. The average molecular weight is 272 g/mol. The van der Waals surface area contributed by atoms with E-state index in [1.807, 2.05) is 19.1 Å². The molecule has 2 atom stereocenters. The number of hydrogen-bond donors (Lipinski definition) is 1. The first-order valence-electron chi connectivity index (χ1n) is 7.05. The van der Waals surface area contributed by atoms with Gasteiger partial charge in [-0.1, -0.05) is 29.8 Å². The maximum atomic E-state index is 6.19. The first-order chi connectivity index (χ1) is 9.47. The SMILES string of the molecule is Cc1ccc(C(C(C)N)N(C)Cc2ccc(C)o2)cc1. The molecule has 108 valence electrons. The van der Waals surface area contributed by atoms with Gasteiger partial charge in [0.1, 0.15) is 11.5 Å². The van der Waals surface area contributed by atoms with Gasteiger partial charge in [-0.2, -0.15) is 0 Å². The molecule has 1 heterocycles. The zero-order chi connectivity index (χ0) is 14.7. The maximum absolute atomic E-state index is 6.19. The normalized spacial score (nSPS) is 14.5. The summed E-state index contributed by atoms with van der Waals surface area (Å²) in [6, 6.07) is 12.8. The van der Waals surface area contributed by atoms with Crippen molar-refractivity contribution in [2.75, 3.05) is 7.05 Å². The lowest BCUT2D eigenvalue weighted by Crippen LogP contribution is -2.36. The number of nitrogens with zero attached hydrogens (tertiary/aromatic N) is 1. The summed E-state index contributed by atoms with van der Waals surface area (Å²) in [6.45, 7) is 6.87. The minimum atomic E-state index is 0.0544. The number of benzene rings is 1. The largest absolute Gasteiger partial charge is 0.465 e. The van der Waals surface area contributed by atoms with Gasteiger partial charge < -0.3 is 10.2 Å². The lowest BCUT2D eigenvalue weighted by molar-refractivity contribution is 0.195. The summed E-state index contributed by atoms with van der Waals surface area (Å²) in [6.07, 6.45) is 0. The van der Waals surface area contributed by atoms with E-state index in [-0.39, 0.29) is 12.1 Å². The van der Waals surface area contributed by atoms with E-state index in [0.29, 0.717) is 0 Å². The third-order valence-electron chi connectivity index (χ3n) is 3.59. The van der Waals surface area contributed by atoms with Crippen LogP contribution in [0.4, 0.5) is 0 Å². The molecule has 0 aliphatic rings. The molecule has 1 aromatic carbocycles. The van der Waals surface area contributed by atoms with Crippen LogP contribution in [0.5, 0.6) is 0 Å². The van der Waals surface area contributed by atoms with Crippen LogP contribution in [0.3, 0.4) is 0 Å². The van der Waals surface area contributed by atoms with E-state index in [2.05, 4.69) is 50.1 Å². The quantitative estimate of drug-likeness (QED) is 0.907. The molecule has 0 bridgehead atoms. The van der Waals surface area contributed by atoms with Crippen molar-refractivity contribution in [2.24, 2.45) is 5.73 Å². The molecule has 0 spiro atoms. The summed E-state index contributed by atoms with van der Waals surface area (Å²) < 4.78 is 5.66. The van der Waals surface area contributed by atoms with Gasteiger partial charge in [-0.05, 0) is 45.5 Å². The van der Waals surface area contributed by atoms with Crippen molar-refractivity contribution in [1.29, 1.82) is 0 Å². The summed E-state index contributed by atoms with van der Waals surface area (Å²) in [5.41, 5.74) is 8.71. The molecule has 2 N–H and O–H groups in total. The molecule has 0 saturated carbocycles. The second-order valence-electron chi connectivity index (χ2n) is 5.64. The highest BCUT2D eigenvalue weighted by atomic mass is 16.3. The second-order valence-corrected chi connectivity index (χ2v) is 5.64. The van der Waals surface area contributed by atoms with Crippen molar-refractivity contribution >= 4 is 0 Å². The van der Waals surface area contributed by atoms with E-state index >= 15 is 0 Å². The lowest BCUT2D eigenvalue weighted by atomic mass is 9.98. The van der Waals surface area contributed by atoms with Gasteiger partial charge in [-0.25, -0.2) is 0 Å². The minimum absolute atomic E-state index is 0.0544. The fourth-order valence-corrected chi connectivity index (χ4v) is 2.64. The van der Waals surface area contributed by atoms with Crippen molar-refractivity contribution < 1.29 is 4.42 Å². The number of furan rings is 1. The van der Waals surface area contributed by atoms with Gasteiger partial charge in [-0.15, -0.1) is 0 Å². The molecule has 2 unspecified atom stereocenters. The number of nitrogens with two attached hydrogens (primary N) is 1. The molecule has 0 aliphatic heterocycles. The van der Waals surface area contributed by atoms with Crippen LogP contribution in [0.25, 0.3) is 0 Å². The second kappa shape index (κ2) is 6.25. The molecule has 2 aromatic rings. The van der Waals surface area contributed by atoms with Crippen molar-refractivity contribution in [3.8, 4) is 0 Å². The fourth-order valence-electron chi connectivity index (χ4n) is 2.64. The maximum Gasteiger partial charge on any atom is 0.118 e. The van der Waals surface area contributed by atoms with E-state index < -0.39 is 0 Å². The van der Waals surface area contributed by atoms with Crippen molar-refractivity contribution in [1.82, 2.24) is 4.90 Å². The summed E-state index contributed by atoms with van der Waals surface area (Å²) in [7, 11) is 2.09.